The third-order valence-corrected chi connectivity index (χ3v) is 2.38. The zero-order chi connectivity index (χ0) is 9.47. The number of rotatable bonds is 1. The maximum Gasteiger partial charge on any atom is 0.240 e. The summed E-state index contributed by atoms with van der Waals surface area (Å²) in [5, 5.41) is 19.8. The van der Waals surface area contributed by atoms with Crippen molar-refractivity contribution < 1.29 is 8.42 Å². The first-order valence-electron chi connectivity index (χ1n) is 3.17. The molecule has 1 aromatic heterocycles. The van der Waals surface area contributed by atoms with E-state index in [2.05, 4.69) is 31.2 Å². The van der Waals surface area contributed by atoms with Crippen LogP contribution in [0.25, 0.3) is 0 Å². The molecular formula is C3H5N7O2S. The van der Waals surface area contributed by atoms with E-state index in [4.69, 9.17) is 5.14 Å². The zero-order valence-electron chi connectivity index (χ0n) is 6.17. The summed E-state index contributed by atoms with van der Waals surface area (Å²) < 4.78 is 21.9. The normalized spacial score (nSPS) is 20.8. The minimum atomic E-state index is -3.83. The van der Waals surface area contributed by atoms with E-state index in [1.807, 2.05) is 0 Å². The number of hydrogen-bond acceptors (Lipinski definition) is 7. The lowest BCUT2D eigenvalue weighted by Gasteiger charge is -2.10. The van der Waals surface area contributed by atoms with Gasteiger partial charge in [-0.05, 0) is 0 Å². The van der Waals surface area contributed by atoms with E-state index in [9.17, 15) is 8.42 Å². The molecule has 10 heteroatoms. The Morgan fingerprint density at radius 1 is 1.38 bits per heavy atom. The van der Waals surface area contributed by atoms with Crippen LogP contribution in [0.2, 0.25) is 0 Å². The summed E-state index contributed by atoms with van der Waals surface area (Å²) in [6, 6.07) is 0. The van der Waals surface area contributed by atoms with Crippen LogP contribution in [0.5, 0.6) is 0 Å². The van der Waals surface area contributed by atoms with Crippen molar-refractivity contribution >= 4 is 15.8 Å². The summed E-state index contributed by atoms with van der Waals surface area (Å²) >= 11 is 0. The molecule has 0 bridgehead atoms. The highest BCUT2D eigenvalue weighted by Crippen LogP contribution is 2.28. The largest absolute Gasteiger partial charge is 0.240 e. The second-order valence-electron chi connectivity index (χ2n) is 2.33. The SMILES string of the molecule is NS(=O)(=O)C1N=NNc2n[nH]nc21. The second-order valence-corrected chi connectivity index (χ2v) is 3.95. The first-order valence-corrected chi connectivity index (χ1v) is 4.78. The van der Waals surface area contributed by atoms with Gasteiger partial charge in [-0.2, -0.15) is 10.3 Å². The van der Waals surface area contributed by atoms with E-state index in [1.54, 1.807) is 0 Å². The topological polar surface area (TPSA) is 138 Å². The molecule has 1 aliphatic rings. The first kappa shape index (κ1) is 8.07. The van der Waals surface area contributed by atoms with Crippen LogP contribution in [0.15, 0.2) is 10.3 Å². The molecule has 0 saturated heterocycles. The summed E-state index contributed by atoms with van der Waals surface area (Å²) in [5.74, 6) is 0.217. The monoisotopic (exact) mass is 203 g/mol. The van der Waals surface area contributed by atoms with Crippen molar-refractivity contribution in [3.8, 4) is 0 Å². The number of H-pyrrole nitrogens is 1. The van der Waals surface area contributed by atoms with E-state index in [-0.39, 0.29) is 11.5 Å². The third-order valence-electron chi connectivity index (χ3n) is 1.44. The molecule has 0 radical (unpaired) electrons. The van der Waals surface area contributed by atoms with Crippen LogP contribution < -0.4 is 10.6 Å². The van der Waals surface area contributed by atoms with Gasteiger partial charge in [0.25, 0.3) is 0 Å². The summed E-state index contributed by atoms with van der Waals surface area (Å²) in [6.45, 7) is 0. The van der Waals surface area contributed by atoms with Crippen molar-refractivity contribution in [1.82, 2.24) is 15.4 Å². The average Bonchev–Trinajstić information content (AvgIpc) is 2.48. The third kappa shape index (κ3) is 1.25. The second kappa shape index (κ2) is 2.47. The Bertz CT molecular complexity index is 446. The molecule has 0 fully saturated rings. The molecule has 4 N–H and O–H groups in total. The van der Waals surface area contributed by atoms with Crippen molar-refractivity contribution in [2.75, 3.05) is 5.43 Å². The van der Waals surface area contributed by atoms with Gasteiger partial charge in [-0.1, -0.05) is 5.22 Å². The fraction of sp³-hybridized carbons (Fsp3) is 0.333. The molecule has 13 heavy (non-hydrogen) atoms. The minimum absolute atomic E-state index is 0.123. The number of aromatic nitrogens is 3. The van der Waals surface area contributed by atoms with Gasteiger partial charge in [-0.3, -0.25) is 0 Å². The van der Waals surface area contributed by atoms with Crippen LogP contribution in [-0.2, 0) is 10.0 Å². The van der Waals surface area contributed by atoms with E-state index in [1.165, 1.54) is 0 Å². The van der Waals surface area contributed by atoms with Crippen LogP contribution in [0.4, 0.5) is 5.82 Å². The highest BCUT2D eigenvalue weighted by molar-refractivity contribution is 7.89. The molecule has 0 aliphatic carbocycles. The molecule has 1 atom stereocenters. The lowest BCUT2D eigenvalue weighted by atomic mass is 10.4. The lowest BCUT2D eigenvalue weighted by molar-refractivity contribution is 0.579. The van der Waals surface area contributed by atoms with Gasteiger partial charge in [-0.25, -0.2) is 19.0 Å². The average molecular weight is 203 g/mol. The predicted molar refractivity (Wildman–Crippen MR) is 40.7 cm³/mol. The van der Waals surface area contributed by atoms with Gasteiger partial charge in [-0.15, -0.1) is 10.2 Å². The quantitative estimate of drug-likeness (QED) is 0.530. The van der Waals surface area contributed by atoms with E-state index in [0.717, 1.165) is 0 Å². The van der Waals surface area contributed by atoms with E-state index in [0.29, 0.717) is 0 Å². The fourth-order valence-corrected chi connectivity index (χ4v) is 1.55. The van der Waals surface area contributed by atoms with Crippen molar-refractivity contribution in [2.24, 2.45) is 15.5 Å². The molecule has 0 aromatic carbocycles. The highest BCUT2D eigenvalue weighted by Gasteiger charge is 2.32. The number of primary sulfonamides is 1. The molecule has 0 spiro atoms. The summed E-state index contributed by atoms with van der Waals surface area (Å²) in [7, 11) is -3.83. The Morgan fingerprint density at radius 2 is 2.15 bits per heavy atom. The Morgan fingerprint density at radius 3 is 2.85 bits per heavy atom. The predicted octanol–water partition coefficient (Wildman–Crippen LogP) is -1.12. The minimum Gasteiger partial charge on any atom is -0.239 e. The number of aromatic amines is 1. The summed E-state index contributed by atoms with van der Waals surface area (Å²) in [4.78, 5) is 0. The van der Waals surface area contributed by atoms with Crippen LogP contribution in [0, 0.1) is 0 Å². The van der Waals surface area contributed by atoms with Gasteiger partial charge < -0.3 is 0 Å². The highest BCUT2D eigenvalue weighted by atomic mass is 32.2. The van der Waals surface area contributed by atoms with Crippen LogP contribution >= 0.6 is 0 Å². The number of fused-ring (bicyclic) bond motifs is 1. The Labute approximate surface area is 72.4 Å². The van der Waals surface area contributed by atoms with Gasteiger partial charge in [0.1, 0.15) is 0 Å². The van der Waals surface area contributed by atoms with Crippen molar-refractivity contribution in [3.05, 3.63) is 5.69 Å². The van der Waals surface area contributed by atoms with Gasteiger partial charge in [0, 0.05) is 0 Å². The van der Waals surface area contributed by atoms with Gasteiger partial charge in [0.15, 0.2) is 11.5 Å². The van der Waals surface area contributed by atoms with Crippen molar-refractivity contribution in [3.63, 3.8) is 0 Å². The number of nitrogens with zero attached hydrogens (tertiary/aromatic N) is 4. The van der Waals surface area contributed by atoms with E-state index >= 15 is 0 Å². The van der Waals surface area contributed by atoms with Crippen LogP contribution in [-0.4, -0.2) is 23.8 Å². The van der Waals surface area contributed by atoms with E-state index < -0.39 is 15.4 Å². The number of sulfonamides is 1. The van der Waals surface area contributed by atoms with Crippen LogP contribution in [0.1, 0.15) is 11.1 Å². The maximum absolute atomic E-state index is 11.0. The zero-order valence-corrected chi connectivity index (χ0v) is 6.98. The Hall–Kier alpha value is -1.55. The van der Waals surface area contributed by atoms with Gasteiger partial charge >= 0.3 is 0 Å². The summed E-state index contributed by atoms with van der Waals surface area (Å²) in [6.07, 6.45) is 0. The number of anilines is 1. The molecule has 0 amide bonds. The number of hydrogen-bond donors (Lipinski definition) is 3. The molecule has 2 heterocycles. The van der Waals surface area contributed by atoms with Crippen molar-refractivity contribution in [2.45, 2.75) is 5.37 Å². The molecule has 1 aliphatic heterocycles. The fourth-order valence-electron chi connectivity index (χ4n) is 0.898. The Balaban J connectivity index is 2.54. The number of nitrogens with two attached hydrogens (primary N) is 1. The number of nitrogens with one attached hydrogen (secondary N) is 2. The summed E-state index contributed by atoms with van der Waals surface area (Å²) in [5.41, 5.74) is 2.50. The molecular weight excluding hydrogens is 198 g/mol. The molecule has 2 rings (SSSR count). The smallest absolute Gasteiger partial charge is 0.239 e. The van der Waals surface area contributed by atoms with Crippen LogP contribution in [0.3, 0.4) is 0 Å². The standard InChI is InChI=1S/C3H5N7O2S/c4-13(11,12)3-1-2(6-9-5-1)7-10-8-3/h3H,(H2,4,11,12)(H2,5,6,7,8,9). The molecule has 9 nitrogen and oxygen atoms in total. The molecule has 0 saturated carbocycles. The lowest BCUT2D eigenvalue weighted by Crippen LogP contribution is -2.22. The molecule has 1 aromatic rings. The van der Waals surface area contributed by atoms with Gasteiger partial charge in [0.05, 0.1) is 0 Å². The molecule has 1 unspecified atom stereocenters. The Kier molecular flexibility index (Phi) is 1.53. The van der Waals surface area contributed by atoms with Gasteiger partial charge in [0.2, 0.25) is 15.4 Å². The maximum atomic E-state index is 11.0. The molecule has 70 valence electrons. The van der Waals surface area contributed by atoms with Crippen molar-refractivity contribution in [1.29, 1.82) is 0 Å². The first-order chi connectivity index (χ1) is 6.09.